The van der Waals surface area contributed by atoms with Crippen LogP contribution in [0.3, 0.4) is 0 Å². The lowest BCUT2D eigenvalue weighted by Gasteiger charge is -2.46. The fourth-order valence-electron chi connectivity index (χ4n) is 5.57. The van der Waals surface area contributed by atoms with Crippen LogP contribution < -0.4 is 10.6 Å². The van der Waals surface area contributed by atoms with E-state index < -0.39 is 23.4 Å². The third-order valence-electron chi connectivity index (χ3n) is 7.45. The number of imide groups is 1. The van der Waals surface area contributed by atoms with Gasteiger partial charge in [0.15, 0.2) is 0 Å². The van der Waals surface area contributed by atoms with Gasteiger partial charge in [-0.25, -0.2) is 9.69 Å². The molecule has 0 aromatic heterocycles. The summed E-state index contributed by atoms with van der Waals surface area (Å²) >= 11 is 0. The predicted octanol–water partition coefficient (Wildman–Crippen LogP) is 1.23. The number of benzene rings is 1. The van der Waals surface area contributed by atoms with Gasteiger partial charge >= 0.3 is 6.03 Å². The Bertz CT molecular complexity index is 876. The molecule has 0 spiro atoms. The van der Waals surface area contributed by atoms with Gasteiger partial charge in [-0.2, -0.15) is 0 Å². The number of nitrogens with two attached hydrogens (primary N) is 1. The number of hydrogen-bond donors (Lipinski definition) is 1. The van der Waals surface area contributed by atoms with Gasteiger partial charge in [-0.15, -0.1) is 0 Å². The quantitative estimate of drug-likeness (QED) is 0.580. The van der Waals surface area contributed by atoms with Gasteiger partial charge in [-0.1, -0.05) is 18.6 Å². The Morgan fingerprint density at radius 2 is 1.70 bits per heavy atom. The zero-order chi connectivity index (χ0) is 20.9. The zero-order valence-electron chi connectivity index (χ0n) is 17.1. The number of primary amides is 1. The lowest BCUT2D eigenvalue weighted by molar-refractivity contribution is -0.136. The Balaban J connectivity index is 1.39. The van der Waals surface area contributed by atoms with Crippen molar-refractivity contribution in [2.75, 3.05) is 44.3 Å². The number of carbonyl (C=O) groups excluding carboxylic acids is 3. The van der Waals surface area contributed by atoms with Crippen LogP contribution in [0.15, 0.2) is 24.3 Å². The maximum atomic E-state index is 13.1. The molecule has 8 nitrogen and oxygen atoms in total. The van der Waals surface area contributed by atoms with Gasteiger partial charge in [0.05, 0.1) is 18.9 Å². The summed E-state index contributed by atoms with van der Waals surface area (Å²) in [6, 6.07) is 7.30. The minimum absolute atomic E-state index is 0.128. The Hall–Kier alpha value is -2.45. The summed E-state index contributed by atoms with van der Waals surface area (Å²) in [6.45, 7) is 4.88. The van der Waals surface area contributed by atoms with Crippen molar-refractivity contribution < 1.29 is 19.1 Å². The second-order valence-electron chi connectivity index (χ2n) is 8.97. The van der Waals surface area contributed by atoms with Crippen LogP contribution in [-0.2, 0) is 19.7 Å². The Morgan fingerprint density at radius 3 is 2.27 bits per heavy atom. The van der Waals surface area contributed by atoms with Gasteiger partial charge in [0.1, 0.15) is 0 Å². The second-order valence-corrected chi connectivity index (χ2v) is 8.97. The molecule has 1 atom stereocenters. The molecule has 3 heterocycles. The van der Waals surface area contributed by atoms with Gasteiger partial charge in [-0.05, 0) is 43.4 Å². The molecule has 2 N–H and O–H groups in total. The zero-order valence-corrected chi connectivity index (χ0v) is 17.1. The van der Waals surface area contributed by atoms with E-state index in [4.69, 9.17) is 10.5 Å². The number of ether oxygens (including phenoxy) is 1. The van der Waals surface area contributed by atoms with E-state index in [0.29, 0.717) is 25.1 Å². The minimum atomic E-state index is -1.51. The van der Waals surface area contributed by atoms with Crippen molar-refractivity contribution in [2.24, 2.45) is 5.73 Å². The van der Waals surface area contributed by atoms with Crippen molar-refractivity contribution in [3.63, 3.8) is 0 Å². The predicted molar refractivity (Wildman–Crippen MR) is 110 cm³/mol. The largest absolute Gasteiger partial charge is 0.379 e. The van der Waals surface area contributed by atoms with E-state index >= 15 is 0 Å². The number of urea groups is 1. The molecule has 0 unspecified atom stereocenters. The normalized spacial score (nSPS) is 28.5. The number of nitrogens with zero attached hydrogens (tertiary/aromatic N) is 3. The molecule has 0 radical (unpaired) electrons. The van der Waals surface area contributed by atoms with Gasteiger partial charge in [0, 0.05) is 31.6 Å². The fraction of sp³-hybridized carbons (Fsp3) is 0.591. The van der Waals surface area contributed by atoms with Crippen molar-refractivity contribution in [1.29, 1.82) is 0 Å². The highest BCUT2D eigenvalue weighted by Gasteiger charge is 2.63. The lowest BCUT2D eigenvalue weighted by Crippen LogP contribution is -2.55. The van der Waals surface area contributed by atoms with E-state index in [2.05, 4.69) is 4.90 Å². The Labute approximate surface area is 175 Å². The molecule has 1 saturated carbocycles. The molecule has 3 saturated heterocycles. The van der Waals surface area contributed by atoms with Crippen LogP contribution >= 0.6 is 0 Å². The van der Waals surface area contributed by atoms with Crippen LogP contribution in [0.2, 0.25) is 0 Å². The lowest BCUT2D eigenvalue weighted by atomic mass is 9.64. The van der Waals surface area contributed by atoms with Crippen LogP contribution in [0.4, 0.5) is 10.5 Å². The molecule has 8 heteroatoms. The molecule has 4 aliphatic rings. The number of morpholine rings is 1. The summed E-state index contributed by atoms with van der Waals surface area (Å²) in [6.07, 6.45) is 4.40. The fourth-order valence-corrected chi connectivity index (χ4v) is 5.57. The molecule has 1 aromatic rings. The summed E-state index contributed by atoms with van der Waals surface area (Å²) in [5.74, 6) is -1.26. The number of fused-ring (bicyclic) bond motifs is 1. The van der Waals surface area contributed by atoms with Gasteiger partial charge < -0.3 is 15.4 Å². The first kappa shape index (κ1) is 19.5. The third-order valence-corrected chi connectivity index (χ3v) is 7.45. The average Bonchev–Trinajstić information content (AvgIpc) is 3.26. The number of rotatable bonds is 5. The van der Waals surface area contributed by atoms with Crippen molar-refractivity contribution in [2.45, 2.75) is 43.1 Å². The van der Waals surface area contributed by atoms with Crippen molar-refractivity contribution in [3.8, 4) is 0 Å². The summed E-state index contributed by atoms with van der Waals surface area (Å²) in [5, 5.41) is 0. The van der Waals surface area contributed by atoms with E-state index in [0.717, 1.165) is 50.6 Å². The number of amides is 4. The smallest absolute Gasteiger partial charge is 0.332 e. The highest BCUT2D eigenvalue weighted by atomic mass is 16.5. The number of carbonyl (C=O) groups is 3. The minimum Gasteiger partial charge on any atom is -0.379 e. The first-order chi connectivity index (χ1) is 14.5. The molecule has 1 aliphatic carbocycles. The molecule has 5 rings (SSSR count). The van der Waals surface area contributed by atoms with E-state index in [1.165, 1.54) is 16.9 Å². The van der Waals surface area contributed by atoms with Gasteiger partial charge in [0.2, 0.25) is 5.54 Å². The summed E-state index contributed by atoms with van der Waals surface area (Å²) in [4.78, 5) is 43.1. The van der Waals surface area contributed by atoms with Crippen molar-refractivity contribution in [3.05, 3.63) is 29.8 Å². The second kappa shape index (κ2) is 7.06. The molecule has 0 bridgehead atoms. The van der Waals surface area contributed by atoms with Gasteiger partial charge in [0.25, 0.3) is 11.8 Å². The van der Waals surface area contributed by atoms with E-state index in [1.807, 2.05) is 24.3 Å². The monoisotopic (exact) mass is 412 g/mol. The summed E-state index contributed by atoms with van der Waals surface area (Å²) in [7, 11) is 0. The molecule has 1 aromatic carbocycles. The van der Waals surface area contributed by atoms with Crippen molar-refractivity contribution >= 4 is 23.5 Å². The molecular formula is C22H28N4O4. The molecule has 160 valence electrons. The third kappa shape index (κ3) is 2.70. The topological polar surface area (TPSA) is 96.2 Å². The molecule has 4 fully saturated rings. The van der Waals surface area contributed by atoms with E-state index in [-0.39, 0.29) is 5.41 Å². The van der Waals surface area contributed by atoms with E-state index in [1.54, 1.807) is 0 Å². The maximum absolute atomic E-state index is 13.1. The molecule has 30 heavy (non-hydrogen) atoms. The first-order valence-electron chi connectivity index (χ1n) is 10.8. The average molecular weight is 412 g/mol. The van der Waals surface area contributed by atoms with Crippen LogP contribution in [0.1, 0.15) is 37.7 Å². The van der Waals surface area contributed by atoms with Crippen LogP contribution in [0, 0.1) is 0 Å². The first-order valence-corrected chi connectivity index (χ1v) is 10.8. The highest BCUT2D eigenvalue weighted by molar-refractivity contribution is 6.31. The van der Waals surface area contributed by atoms with Crippen LogP contribution in [-0.4, -0.2) is 72.6 Å². The summed E-state index contributed by atoms with van der Waals surface area (Å²) < 4.78 is 5.47. The number of hydrogen-bond acceptors (Lipinski definition) is 5. The molecule has 3 aliphatic heterocycles. The Kier molecular flexibility index (Phi) is 4.59. The molecular weight excluding hydrogens is 384 g/mol. The Morgan fingerprint density at radius 1 is 1.00 bits per heavy atom. The maximum Gasteiger partial charge on any atom is 0.332 e. The van der Waals surface area contributed by atoms with Crippen molar-refractivity contribution in [1.82, 2.24) is 9.80 Å². The van der Waals surface area contributed by atoms with Crippen LogP contribution in [0.5, 0.6) is 0 Å². The van der Waals surface area contributed by atoms with Crippen LogP contribution in [0.25, 0.3) is 0 Å². The highest BCUT2D eigenvalue weighted by Crippen LogP contribution is 2.45. The SMILES string of the molecule is NC(=O)[C@]12CCCN1C(=O)N(c1ccc(C3(CN4CCOCC4)CCC3)cc1)C2=O. The summed E-state index contributed by atoms with van der Waals surface area (Å²) in [5.41, 5.74) is 5.93. The van der Waals surface area contributed by atoms with E-state index in [9.17, 15) is 14.4 Å². The number of anilines is 1. The molecule has 4 amide bonds. The van der Waals surface area contributed by atoms with Gasteiger partial charge in [-0.3, -0.25) is 14.5 Å². The standard InChI is InChI=1S/C22H28N4O4/c23-18(27)22-9-2-10-25(22)20(29)26(19(22)28)17-5-3-16(4-6-17)21(7-1-8-21)15-24-11-13-30-14-12-24/h3-6H,1-2,7-15H2,(H2,23,27)/t22-/m0/s1.